The number of benzene rings is 1. The van der Waals surface area contributed by atoms with E-state index in [9.17, 15) is 9.59 Å². The number of Topliss-reactive ketones (excluding diaryl/α,β-unsaturated/α-hetero) is 1. The molecule has 37 heavy (non-hydrogen) atoms. The summed E-state index contributed by atoms with van der Waals surface area (Å²) in [4.78, 5) is 26.8. The summed E-state index contributed by atoms with van der Waals surface area (Å²) in [5, 5.41) is 0. The number of rotatable bonds is 10. The summed E-state index contributed by atoms with van der Waals surface area (Å²) >= 11 is 0. The summed E-state index contributed by atoms with van der Waals surface area (Å²) in [6.07, 6.45) is 6.18. The minimum absolute atomic E-state index is 0.0282. The van der Waals surface area contributed by atoms with Gasteiger partial charge in [-0.15, -0.1) is 13.2 Å². The van der Waals surface area contributed by atoms with Gasteiger partial charge in [0, 0.05) is 11.8 Å². The van der Waals surface area contributed by atoms with Crippen LogP contribution in [-0.4, -0.2) is 36.2 Å². The Bertz CT molecular complexity index is 973. The Labute approximate surface area is 222 Å². The fraction of sp³-hybridized carbons (Fsp3) is 0.625. The first-order valence-electron chi connectivity index (χ1n) is 14.0. The van der Waals surface area contributed by atoms with Gasteiger partial charge >= 0.3 is 5.97 Å². The molecule has 2 heterocycles. The first-order valence-corrected chi connectivity index (χ1v) is 14.0. The minimum Gasteiger partial charge on any atom is -0.455 e. The maximum Gasteiger partial charge on any atom is 0.320 e. The van der Waals surface area contributed by atoms with E-state index in [-0.39, 0.29) is 35.6 Å². The molecule has 1 unspecified atom stereocenters. The maximum atomic E-state index is 13.6. The second-order valence-corrected chi connectivity index (χ2v) is 11.9. The molecule has 0 bridgehead atoms. The van der Waals surface area contributed by atoms with Crippen LogP contribution < -0.4 is 0 Å². The lowest BCUT2D eigenvalue weighted by Gasteiger charge is -2.51. The van der Waals surface area contributed by atoms with Crippen LogP contribution in [0.5, 0.6) is 0 Å². The number of esters is 1. The highest BCUT2D eigenvalue weighted by atomic mass is 16.6. The van der Waals surface area contributed by atoms with Gasteiger partial charge in [-0.25, -0.2) is 0 Å². The maximum absolute atomic E-state index is 13.6. The SMILES string of the molecule is C=CC[C@H]1C[C@H](COCc2ccccc2)[C@@H](C)C[C@]12OC(=O)C1C(=O)[C@@H](C)[C@@H]([C@H](C)C[C@H](C)C=C)O[C@H]12. The van der Waals surface area contributed by atoms with E-state index >= 15 is 0 Å². The quantitative estimate of drug-likeness (QED) is 0.215. The number of allylic oxidation sites excluding steroid dienone is 2. The molecule has 3 fully saturated rings. The molecule has 202 valence electrons. The molecule has 1 aliphatic carbocycles. The van der Waals surface area contributed by atoms with Crippen LogP contribution in [0.4, 0.5) is 0 Å². The van der Waals surface area contributed by atoms with Crippen molar-refractivity contribution in [1.82, 2.24) is 0 Å². The van der Waals surface area contributed by atoms with E-state index in [1.54, 1.807) is 0 Å². The standard InChI is InChI=1S/C32H44O5/c1-7-12-26-16-25(19-35-18-24-13-10-9-11-14-24)22(5)17-32(26)30-27(31(34)37-32)28(33)23(6)29(36-30)21(4)15-20(3)8-2/h7-11,13-14,20-23,25-27,29-30H,1-2,12,15-19H2,3-6H3/t20-,21-,22+,23-,25-,26+,27?,29-,30-,32+/m1/s1. The van der Waals surface area contributed by atoms with Gasteiger partial charge in [0.05, 0.1) is 19.3 Å². The van der Waals surface area contributed by atoms with Crippen molar-refractivity contribution in [3.8, 4) is 0 Å². The van der Waals surface area contributed by atoms with Crippen LogP contribution in [0.3, 0.4) is 0 Å². The summed E-state index contributed by atoms with van der Waals surface area (Å²) in [6, 6.07) is 10.2. The van der Waals surface area contributed by atoms with Crippen LogP contribution in [-0.2, 0) is 30.4 Å². The fourth-order valence-electron chi connectivity index (χ4n) is 7.09. The van der Waals surface area contributed by atoms with Crippen LogP contribution >= 0.6 is 0 Å². The smallest absolute Gasteiger partial charge is 0.320 e. The van der Waals surface area contributed by atoms with Crippen molar-refractivity contribution in [1.29, 1.82) is 0 Å². The number of ketones is 1. The van der Waals surface area contributed by atoms with Gasteiger partial charge in [0.25, 0.3) is 0 Å². The predicted molar refractivity (Wildman–Crippen MR) is 145 cm³/mol. The largest absolute Gasteiger partial charge is 0.455 e. The number of carbonyl (C=O) groups excluding carboxylic acids is 2. The summed E-state index contributed by atoms with van der Waals surface area (Å²) in [5.74, 6) is -0.486. The van der Waals surface area contributed by atoms with Gasteiger partial charge in [-0.1, -0.05) is 70.2 Å². The Morgan fingerprint density at radius 2 is 1.89 bits per heavy atom. The van der Waals surface area contributed by atoms with Crippen molar-refractivity contribution >= 4 is 11.8 Å². The second-order valence-electron chi connectivity index (χ2n) is 11.9. The molecule has 1 aromatic rings. The first-order chi connectivity index (χ1) is 17.7. The van der Waals surface area contributed by atoms with E-state index in [4.69, 9.17) is 14.2 Å². The van der Waals surface area contributed by atoms with Crippen molar-refractivity contribution in [2.24, 2.45) is 41.4 Å². The highest BCUT2D eigenvalue weighted by Gasteiger charge is 2.67. The Morgan fingerprint density at radius 3 is 2.57 bits per heavy atom. The molecule has 2 aliphatic heterocycles. The van der Waals surface area contributed by atoms with Gasteiger partial charge < -0.3 is 14.2 Å². The van der Waals surface area contributed by atoms with Crippen molar-refractivity contribution in [2.75, 3.05) is 6.61 Å². The Kier molecular flexibility index (Phi) is 8.75. The molecule has 0 N–H and O–H groups in total. The van der Waals surface area contributed by atoms with Gasteiger partial charge in [-0.05, 0) is 54.9 Å². The molecule has 0 radical (unpaired) electrons. The number of fused-ring (bicyclic) bond motifs is 2. The molecule has 1 spiro atoms. The van der Waals surface area contributed by atoms with Crippen molar-refractivity contribution in [2.45, 2.75) is 77.8 Å². The van der Waals surface area contributed by atoms with Crippen molar-refractivity contribution in [3.63, 3.8) is 0 Å². The lowest BCUT2D eigenvalue weighted by Crippen LogP contribution is -2.60. The van der Waals surface area contributed by atoms with Crippen LogP contribution in [0.25, 0.3) is 0 Å². The summed E-state index contributed by atoms with van der Waals surface area (Å²) in [7, 11) is 0. The van der Waals surface area contributed by atoms with E-state index < -0.39 is 23.6 Å². The van der Waals surface area contributed by atoms with Gasteiger partial charge in [0.1, 0.15) is 17.6 Å². The summed E-state index contributed by atoms with van der Waals surface area (Å²) in [6.45, 7) is 17.5. The van der Waals surface area contributed by atoms with Gasteiger partial charge in [0.2, 0.25) is 0 Å². The average molecular weight is 509 g/mol. The molecule has 4 rings (SSSR count). The van der Waals surface area contributed by atoms with Crippen molar-refractivity contribution in [3.05, 3.63) is 61.2 Å². The monoisotopic (exact) mass is 508 g/mol. The number of hydrogen-bond donors (Lipinski definition) is 0. The molecule has 5 heteroatoms. The number of carbonyl (C=O) groups is 2. The van der Waals surface area contributed by atoms with E-state index in [1.807, 2.05) is 37.3 Å². The third kappa shape index (κ3) is 5.49. The van der Waals surface area contributed by atoms with Crippen LogP contribution in [0.2, 0.25) is 0 Å². The fourth-order valence-corrected chi connectivity index (χ4v) is 7.09. The molecular weight excluding hydrogens is 464 g/mol. The predicted octanol–water partition coefficient (Wildman–Crippen LogP) is 6.17. The molecule has 0 amide bonds. The van der Waals surface area contributed by atoms with Gasteiger partial charge in [-0.3, -0.25) is 9.59 Å². The Morgan fingerprint density at radius 1 is 1.16 bits per heavy atom. The average Bonchev–Trinajstić information content (AvgIpc) is 3.15. The zero-order chi connectivity index (χ0) is 26.7. The van der Waals surface area contributed by atoms with Crippen LogP contribution in [0.15, 0.2) is 55.6 Å². The normalized spacial score (nSPS) is 37.0. The van der Waals surface area contributed by atoms with Crippen LogP contribution in [0.1, 0.15) is 58.9 Å². The minimum atomic E-state index is -0.833. The molecule has 5 nitrogen and oxygen atoms in total. The summed E-state index contributed by atoms with van der Waals surface area (Å²) < 4.78 is 19.2. The lowest BCUT2D eigenvalue weighted by atomic mass is 9.61. The molecule has 2 saturated heterocycles. The highest BCUT2D eigenvalue weighted by Crippen LogP contribution is 2.55. The Hall–Kier alpha value is -2.24. The summed E-state index contributed by atoms with van der Waals surface area (Å²) in [5.41, 5.74) is 0.357. The molecule has 0 aromatic heterocycles. The van der Waals surface area contributed by atoms with E-state index in [0.29, 0.717) is 37.9 Å². The molecule has 10 atom stereocenters. The third-order valence-electron chi connectivity index (χ3n) is 9.21. The van der Waals surface area contributed by atoms with E-state index in [0.717, 1.165) is 18.4 Å². The van der Waals surface area contributed by atoms with Gasteiger partial charge in [-0.2, -0.15) is 0 Å². The first kappa shape index (κ1) is 27.8. The second kappa shape index (κ2) is 11.7. The molecule has 3 aliphatic rings. The topological polar surface area (TPSA) is 61.8 Å². The van der Waals surface area contributed by atoms with E-state index in [1.165, 1.54) is 0 Å². The number of hydrogen-bond acceptors (Lipinski definition) is 5. The molecule has 1 saturated carbocycles. The Balaban J connectivity index is 1.54. The third-order valence-corrected chi connectivity index (χ3v) is 9.21. The zero-order valence-electron chi connectivity index (χ0n) is 22.9. The van der Waals surface area contributed by atoms with Crippen molar-refractivity contribution < 1.29 is 23.8 Å². The van der Waals surface area contributed by atoms with E-state index in [2.05, 4.69) is 46.1 Å². The lowest BCUT2D eigenvalue weighted by molar-refractivity contribution is -0.204. The molecular formula is C32H44O5. The zero-order valence-corrected chi connectivity index (χ0v) is 22.9. The van der Waals surface area contributed by atoms with Gasteiger partial charge in [0.15, 0.2) is 5.78 Å². The molecule has 1 aromatic carbocycles. The highest BCUT2D eigenvalue weighted by molar-refractivity contribution is 6.03. The number of ether oxygens (including phenoxy) is 3. The van der Waals surface area contributed by atoms with Crippen LogP contribution in [0, 0.1) is 41.4 Å².